The molecular formula is C13H10Br2N2O. The van der Waals surface area contributed by atoms with Gasteiger partial charge in [-0.25, -0.2) is 4.98 Å². The van der Waals surface area contributed by atoms with Crippen molar-refractivity contribution in [2.45, 2.75) is 6.92 Å². The molecule has 0 aliphatic rings. The van der Waals surface area contributed by atoms with Crippen LogP contribution in [0.2, 0.25) is 0 Å². The monoisotopic (exact) mass is 368 g/mol. The second kappa shape index (κ2) is 5.63. The number of hydrogen-bond acceptors (Lipinski definition) is 2. The molecule has 0 radical (unpaired) electrons. The van der Waals surface area contributed by atoms with Gasteiger partial charge in [0, 0.05) is 15.1 Å². The topological polar surface area (TPSA) is 42.0 Å². The van der Waals surface area contributed by atoms with Gasteiger partial charge in [0.1, 0.15) is 5.69 Å². The molecule has 0 fully saturated rings. The van der Waals surface area contributed by atoms with Crippen LogP contribution in [0.1, 0.15) is 16.1 Å². The van der Waals surface area contributed by atoms with Crippen LogP contribution >= 0.6 is 31.9 Å². The van der Waals surface area contributed by atoms with Crippen LogP contribution in [0.15, 0.2) is 45.5 Å². The Hall–Kier alpha value is -1.20. The van der Waals surface area contributed by atoms with Crippen LogP contribution in [0.4, 0.5) is 5.69 Å². The lowest BCUT2D eigenvalue weighted by Gasteiger charge is -2.08. The molecule has 2 rings (SSSR count). The normalized spacial score (nSPS) is 10.2. The standard InChI is InChI=1S/C13H10Br2N2O/c1-8-4-5-9(14)11(7-8)17-13(18)12-10(15)3-2-6-16-12/h2-7H,1H3,(H,17,18). The van der Waals surface area contributed by atoms with E-state index < -0.39 is 0 Å². The molecule has 0 unspecified atom stereocenters. The highest BCUT2D eigenvalue weighted by Crippen LogP contribution is 2.24. The number of rotatable bonds is 2. The predicted octanol–water partition coefficient (Wildman–Crippen LogP) is 4.17. The van der Waals surface area contributed by atoms with Gasteiger partial charge >= 0.3 is 0 Å². The van der Waals surface area contributed by atoms with Gasteiger partial charge in [0.05, 0.1) is 5.69 Å². The number of hydrogen-bond donors (Lipinski definition) is 1. The average Bonchev–Trinajstić information content (AvgIpc) is 2.34. The van der Waals surface area contributed by atoms with Gasteiger partial charge in [0.2, 0.25) is 0 Å². The summed E-state index contributed by atoms with van der Waals surface area (Å²) in [7, 11) is 0. The molecule has 0 saturated heterocycles. The number of pyridine rings is 1. The van der Waals surface area contributed by atoms with E-state index in [0.717, 1.165) is 15.7 Å². The van der Waals surface area contributed by atoms with Gasteiger partial charge in [0.25, 0.3) is 5.91 Å². The van der Waals surface area contributed by atoms with Crippen LogP contribution in [-0.4, -0.2) is 10.9 Å². The van der Waals surface area contributed by atoms with Gasteiger partial charge in [-0.05, 0) is 68.6 Å². The van der Waals surface area contributed by atoms with Crippen molar-refractivity contribution in [3.63, 3.8) is 0 Å². The summed E-state index contributed by atoms with van der Waals surface area (Å²) < 4.78 is 1.51. The molecule has 0 spiro atoms. The van der Waals surface area contributed by atoms with Crippen LogP contribution in [0.25, 0.3) is 0 Å². The molecule has 0 saturated carbocycles. The van der Waals surface area contributed by atoms with Crippen molar-refractivity contribution in [3.05, 3.63) is 56.7 Å². The van der Waals surface area contributed by atoms with E-state index in [0.29, 0.717) is 10.2 Å². The molecule has 2 aromatic rings. The Morgan fingerprint density at radius 3 is 2.72 bits per heavy atom. The first-order valence-corrected chi connectivity index (χ1v) is 6.84. The summed E-state index contributed by atoms with van der Waals surface area (Å²) in [6, 6.07) is 9.32. The molecule has 0 aliphatic carbocycles. The van der Waals surface area contributed by atoms with Crippen molar-refractivity contribution in [1.82, 2.24) is 4.98 Å². The van der Waals surface area contributed by atoms with E-state index in [-0.39, 0.29) is 5.91 Å². The third kappa shape index (κ3) is 2.97. The number of aryl methyl sites for hydroxylation is 1. The summed E-state index contributed by atoms with van der Waals surface area (Å²) in [4.78, 5) is 16.1. The lowest BCUT2D eigenvalue weighted by Crippen LogP contribution is -2.14. The van der Waals surface area contributed by atoms with E-state index in [4.69, 9.17) is 0 Å². The molecule has 1 N–H and O–H groups in total. The maximum atomic E-state index is 12.1. The van der Waals surface area contributed by atoms with E-state index in [1.54, 1.807) is 18.3 Å². The smallest absolute Gasteiger partial charge is 0.275 e. The first-order valence-electron chi connectivity index (χ1n) is 5.26. The molecule has 5 heteroatoms. The third-order valence-corrected chi connectivity index (χ3v) is 3.68. The van der Waals surface area contributed by atoms with Gasteiger partial charge in [-0.1, -0.05) is 6.07 Å². The molecule has 18 heavy (non-hydrogen) atoms. The van der Waals surface area contributed by atoms with Crippen LogP contribution in [0.3, 0.4) is 0 Å². The zero-order valence-corrected chi connectivity index (χ0v) is 12.7. The maximum Gasteiger partial charge on any atom is 0.275 e. The molecule has 1 aromatic heterocycles. The van der Waals surface area contributed by atoms with Gasteiger partial charge in [-0.15, -0.1) is 0 Å². The van der Waals surface area contributed by atoms with Crippen LogP contribution < -0.4 is 5.32 Å². The third-order valence-electron chi connectivity index (χ3n) is 2.34. The van der Waals surface area contributed by atoms with E-state index in [1.165, 1.54) is 0 Å². The van der Waals surface area contributed by atoms with Gasteiger partial charge < -0.3 is 5.32 Å². The quantitative estimate of drug-likeness (QED) is 0.863. The number of nitrogens with zero attached hydrogens (tertiary/aromatic N) is 1. The Balaban J connectivity index is 2.27. The lowest BCUT2D eigenvalue weighted by atomic mass is 10.2. The summed E-state index contributed by atoms with van der Waals surface area (Å²) in [6.45, 7) is 1.97. The number of nitrogens with one attached hydrogen (secondary N) is 1. The van der Waals surface area contributed by atoms with Crippen molar-refractivity contribution in [3.8, 4) is 0 Å². The summed E-state index contributed by atoms with van der Waals surface area (Å²) >= 11 is 6.71. The zero-order chi connectivity index (χ0) is 13.1. The highest BCUT2D eigenvalue weighted by Gasteiger charge is 2.12. The lowest BCUT2D eigenvalue weighted by molar-refractivity contribution is 0.102. The zero-order valence-electron chi connectivity index (χ0n) is 9.58. The van der Waals surface area contributed by atoms with E-state index >= 15 is 0 Å². The van der Waals surface area contributed by atoms with Crippen molar-refractivity contribution in [2.75, 3.05) is 5.32 Å². The number of carbonyl (C=O) groups is 1. The highest BCUT2D eigenvalue weighted by molar-refractivity contribution is 9.11. The van der Waals surface area contributed by atoms with Crippen LogP contribution in [0, 0.1) is 6.92 Å². The van der Waals surface area contributed by atoms with E-state index in [9.17, 15) is 4.79 Å². The van der Waals surface area contributed by atoms with Crippen molar-refractivity contribution < 1.29 is 4.79 Å². The van der Waals surface area contributed by atoms with Crippen LogP contribution in [0.5, 0.6) is 0 Å². The maximum absolute atomic E-state index is 12.1. The number of halogens is 2. The van der Waals surface area contributed by atoms with E-state index in [1.807, 2.05) is 25.1 Å². The highest BCUT2D eigenvalue weighted by atomic mass is 79.9. The van der Waals surface area contributed by atoms with E-state index in [2.05, 4.69) is 42.2 Å². The van der Waals surface area contributed by atoms with Crippen molar-refractivity contribution in [2.24, 2.45) is 0 Å². The van der Waals surface area contributed by atoms with Gasteiger partial charge in [0.15, 0.2) is 0 Å². The summed E-state index contributed by atoms with van der Waals surface area (Å²) in [5.41, 5.74) is 2.18. The number of anilines is 1. The Morgan fingerprint density at radius 2 is 2.00 bits per heavy atom. The Labute approximate surface area is 122 Å². The second-order valence-corrected chi connectivity index (χ2v) is 5.48. The van der Waals surface area contributed by atoms with Gasteiger partial charge in [-0.2, -0.15) is 0 Å². The summed E-state index contributed by atoms with van der Waals surface area (Å²) in [5.74, 6) is -0.242. The minimum absolute atomic E-state index is 0.242. The number of aromatic nitrogens is 1. The molecular weight excluding hydrogens is 360 g/mol. The minimum Gasteiger partial charge on any atom is -0.320 e. The Bertz CT molecular complexity index is 599. The Morgan fingerprint density at radius 1 is 1.22 bits per heavy atom. The van der Waals surface area contributed by atoms with Gasteiger partial charge in [-0.3, -0.25) is 4.79 Å². The fraction of sp³-hybridized carbons (Fsp3) is 0.0769. The average molecular weight is 370 g/mol. The van der Waals surface area contributed by atoms with Crippen molar-refractivity contribution in [1.29, 1.82) is 0 Å². The summed E-state index contributed by atoms with van der Waals surface area (Å²) in [6.07, 6.45) is 1.59. The molecule has 1 amide bonds. The predicted molar refractivity (Wildman–Crippen MR) is 78.8 cm³/mol. The van der Waals surface area contributed by atoms with Crippen LogP contribution in [-0.2, 0) is 0 Å². The fourth-order valence-electron chi connectivity index (χ4n) is 1.47. The molecule has 3 nitrogen and oxygen atoms in total. The number of benzene rings is 1. The number of amides is 1. The first-order chi connectivity index (χ1) is 8.58. The molecule has 0 bridgehead atoms. The molecule has 1 aromatic carbocycles. The summed E-state index contributed by atoms with van der Waals surface area (Å²) in [5, 5.41) is 2.83. The molecule has 92 valence electrons. The molecule has 0 atom stereocenters. The molecule has 0 aliphatic heterocycles. The molecule has 1 heterocycles. The minimum atomic E-state index is -0.242. The Kier molecular flexibility index (Phi) is 4.14. The first kappa shape index (κ1) is 13.2. The number of carbonyl (C=O) groups excluding carboxylic acids is 1. The second-order valence-electron chi connectivity index (χ2n) is 3.77. The fourth-order valence-corrected chi connectivity index (χ4v) is 2.25. The largest absolute Gasteiger partial charge is 0.320 e. The van der Waals surface area contributed by atoms with Crippen molar-refractivity contribution >= 4 is 43.5 Å². The SMILES string of the molecule is Cc1ccc(Br)c(NC(=O)c2ncccc2Br)c1.